The molecule has 0 radical (unpaired) electrons. The van der Waals surface area contributed by atoms with Crippen molar-refractivity contribution in [2.45, 2.75) is 57.8 Å². The zero-order valence-electron chi connectivity index (χ0n) is 18.4. The van der Waals surface area contributed by atoms with Gasteiger partial charge < -0.3 is 19.4 Å². The predicted molar refractivity (Wildman–Crippen MR) is 114 cm³/mol. The number of nitrogens with one attached hydrogen (secondary N) is 1. The molecule has 0 spiro atoms. The first-order chi connectivity index (χ1) is 14.6. The highest BCUT2D eigenvalue weighted by atomic mass is 19.1. The highest BCUT2D eigenvalue weighted by Crippen LogP contribution is 2.47. The van der Waals surface area contributed by atoms with Crippen molar-refractivity contribution in [2.75, 3.05) is 12.4 Å². The molecule has 4 rings (SSSR count). The molecule has 31 heavy (non-hydrogen) atoms. The summed E-state index contributed by atoms with van der Waals surface area (Å²) in [6.45, 7) is 8.17. The topological polar surface area (TPSA) is 82.6 Å². The van der Waals surface area contributed by atoms with Gasteiger partial charge in [0.2, 0.25) is 0 Å². The Morgan fingerprint density at radius 3 is 2.55 bits per heavy atom. The van der Waals surface area contributed by atoms with Crippen molar-refractivity contribution in [3.63, 3.8) is 0 Å². The van der Waals surface area contributed by atoms with Crippen molar-refractivity contribution in [3.05, 3.63) is 47.7 Å². The molecule has 2 aromatic rings. The van der Waals surface area contributed by atoms with Gasteiger partial charge >= 0.3 is 13.1 Å². The number of hydrogen-bond donors (Lipinski definition) is 1. The summed E-state index contributed by atoms with van der Waals surface area (Å²) in [6, 6.07) is 4.85. The molecular formula is C22H27BFN3O4. The molecule has 1 aromatic heterocycles. The van der Waals surface area contributed by atoms with Gasteiger partial charge in [0.05, 0.1) is 42.3 Å². The highest BCUT2D eigenvalue weighted by molar-refractivity contribution is 6.62. The number of aromatic nitrogens is 2. The molecule has 2 aliphatic rings. The molecule has 1 unspecified atom stereocenters. The van der Waals surface area contributed by atoms with Crippen LogP contribution in [0.4, 0.5) is 10.2 Å². The van der Waals surface area contributed by atoms with Crippen molar-refractivity contribution in [1.29, 1.82) is 0 Å². The number of nitrogens with zero attached hydrogens (tertiary/aromatic N) is 2. The minimum atomic E-state index is -0.551. The molecule has 2 heterocycles. The number of hydrogen-bond acceptors (Lipinski definition) is 7. The van der Waals surface area contributed by atoms with E-state index in [9.17, 15) is 9.18 Å². The van der Waals surface area contributed by atoms with Crippen molar-refractivity contribution in [1.82, 2.24) is 9.97 Å². The van der Waals surface area contributed by atoms with Crippen LogP contribution >= 0.6 is 0 Å². The van der Waals surface area contributed by atoms with Crippen molar-refractivity contribution in [3.8, 4) is 0 Å². The Kier molecular flexibility index (Phi) is 5.51. The predicted octanol–water partition coefficient (Wildman–Crippen LogP) is 2.80. The lowest BCUT2D eigenvalue weighted by molar-refractivity contribution is -0.142. The summed E-state index contributed by atoms with van der Waals surface area (Å²) < 4.78 is 31.3. The number of carbonyl (C=O) groups is 1. The zero-order chi connectivity index (χ0) is 22.4. The quantitative estimate of drug-likeness (QED) is 0.561. The number of carbonyl (C=O) groups excluding carboxylic acids is 1. The maximum Gasteiger partial charge on any atom is 0.494 e. The molecule has 0 bridgehead atoms. The fraction of sp³-hybridized carbons (Fsp3) is 0.500. The number of ether oxygens (including phenoxy) is 1. The van der Waals surface area contributed by atoms with Crippen LogP contribution in [0.1, 0.15) is 51.3 Å². The van der Waals surface area contributed by atoms with E-state index in [0.717, 1.165) is 17.6 Å². The standard InChI is InChI=1S/C22H27BFN3O4/c1-21(2)22(3,4)31-23(30-21)14-6-7-17(24)13(8-14)10-26-19-12-25-18(11-27-19)15-9-16(15)20(28)29-5/h6-8,11-12,15-16H,9-10H2,1-5H3,(H,26,27)/t15?,16-/m1/s1. The third-order valence-electron chi connectivity index (χ3n) is 6.40. The Morgan fingerprint density at radius 2 is 1.94 bits per heavy atom. The van der Waals surface area contributed by atoms with Gasteiger partial charge in [0.15, 0.2) is 0 Å². The van der Waals surface area contributed by atoms with E-state index in [1.54, 1.807) is 24.5 Å². The third-order valence-corrected chi connectivity index (χ3v) is 6.40. The van der Waals surface area contributed by atoms with E-state index < -0.39 is 18.3 Å². The maximum absolute atomic E-state index is 14.4. The lowest BCUT2D eigenvalue weighted by Crippen LogP contribution is -2.41. The Balaban J connectivity index is 1.40. The van der Waals surface area contributed by atoms with Gasteiger partial charge in [0, 0.05) is 18.0 Å². The molecule has 2 atom stereocenters. The molecule has 1 N–H and O–H groups in total. The Morgan fingerprint density at radius 1 is 1.23 bits per heavy atom. The van der Waals surface area contributed by atoms with Gasteiger partial charge in [-0.2, -0.15) is 0 Å². The van der Waals surface area contributed by atoms with Crippen LogP contribution in [0.25, 0.3) is 0 Å². The molecule has 164 valence electrons. The molecule has 1 saturated heterocycles. The lowest BCUT2D eigenvalue weighted by Gasteiger charge is -2.32. The van der Waals surface area contributed by atoms with E-state index in [4.69, 9.17) is 14.0 Å². The zero-order valence-corrected chi connectivity index (χ0v) is 18.4. The van der Waals surface area contributed by atoms with Crippen LogP contribution in [-0.2, 0) is 25.4 Å². The van der Waals surface area contributed by atoms with Gasteiger partial charge in [-0.1, -0.05) is 12.1 Å². The van der Waals surface area contributed by atoms with Crippen LogP contribution in [0, 0.1) is 11.7 Å². The lowest BCUT2D eigenvalue weighted by atomic mass is 9.78. The Bertz CT molecular complexity index is 967. The van der Waals surface area contributed by atoms with Crippen LogP contribution in [0.2, 0.25) is 0 Å². The minimum absolute atomic E-state index is 0.0584. The van der Waals surface area contributed by atoms with Crippen molar-refractivity contribution >= 4 is 24.4 Å². The van der Waals surface area contributed by atoms with Crippen LogP contribution in [0.15, 0.2) is 30.6 Å². The molecule has 9 heteroatoms. The minimum Gasteiger partial charge on any atom is -0.469 e. The first-order valence-corrected chi connectivity index (χ1v) is 10.4. The fourth-order valence-electron chi connectivity index (χ4n) is 3.60. The number of anilines is 1. The third kappa shape index (κ3) is 4.29. The molecular weight excluding hydrogens is 400 g/mol. The van der Waals surface area contributed by atoms with E-state index in [1.165, 1.54) is 13.2 Å². The van der Waals surface area contributed by atoms with Gasteiger partial charge in [-0.3, -0.25) is 9.78 Å². The van der Waals surface area contributed by atoms with Crippen LogP contribution in [0.5, 0.6) is 0 Å². The molecule has 1 aromatic carbocycles. The molecule has 7 nitrogen and oxygen atoms in total. The van der Waals surface area contributed by atoms with Gasteiger partial charge in [0.25, 0.3) is 0 Å². The number of methoxy groups -OCH3 is 1. The first kappa shape index (κ1) is 21.7. The van der Waals surface area contributed by atoms with Gasteiger partial charge in [0.1, 0.15) is 11.6 Å². The SMILES string of the molecule is COC(=O)[C@@H]1CC1c1cnc(NCc2cc(B3OC(C)(C)C(C)(C)O3)ccc2F)cn1. The van der Waals surface area contributed by atoms with Crippen LogP contribution < -0.4 is 10.8 Å². The highest BCUT2D eigenvalue weighted by Gasteiger charge is 2.51. The molecule has 1 aliphatic carbocycles. The molecule has 2 fully saturated rings. The van der Waals surface area contributed by atoms with Crippen molar-refractivity contribution in [2.24, 2.45) is 5.92 Å². The van der Waals surface area contributed by atoms with Crippen LogP contribution in [-0.4, -0.2) is 41.4 Å². The molecule has 0 amide bonds. The summed E-state index contributed by atoms with van der Waals surface area (Å²) in [5.74, 6) is -0.0879. The van der Waals surface area contributed by atoms with E-state index in [1.807, 2.05) is 27.7 Å². The Labute approximate surface area is 181 Å². The van der Waals surface area contributed by atoms with E-state index >= 15 is 0 Å². The van der Waals surface area contributed by atoms with E-state index in [0.29, 0.717) is 11.4 Å². The number of benzene rings is 1. The summed E-state index contributed by atoms with van der Waals surface area (Å²) in [4.78, 5) is 20.3. The number of esters is 1. The maximum atomic E-state index is 14.4. The second-order valence-electron chi connectivity index (χ2n) is 9.09. The van der Waals surface area contributed by atoms with Crippen LogP contribution in [0.3, 0.4) is 0 Å². The number of halogens is 1. The normalized spacial score (nSPS) is 23.5. The summed E-state index contributed by atoms with van der Waals surface area (Å²) in [5, 5.41) is 3.10. The molecule has 1 saturated carbocycles. The smallest absolute Gasteiger partial charge is 0.469 e. The summed E-state index contributed by atoms with van der Waals surface area (Å²) in [5.41, 5.74) is 1.08. The summed E-state index contributed by atoms with van der Waals surface area (Å²) in [7, 11) is 0.835. The average molecular weight is 427 g/mol. The fourth-order valence-corrected chi connectivity index (χ4v) is 3.60. The Hall–Kier alpha value is -2.52. The number of rotatable bonds is 6. The monoisotopic (exact) mass is 427 g/mol. The van der Waals surface area contributed by atoms with Crippen molar-refractivity contribution < 1.29 is 23.2 Å². The van der Waals surface area contributed by atoms with Gasteiger partial charge in [-0.25, -0.2) is 9.37 Å². The second-order valence-corrected chi connectivity index (χ2v) is 9.09. The largest absolute Gasteiger partial charge is 0.494 e. The second kappa shape index (κ2) is 7.87. The summed E-state index contributed by atoms with van der Waals surface area (Å²) >= 11 is 0. The first-order valence-electron chi connectivity index (χ1n) is 10.4. The van der Waals surface area contributed by atoms with Gasteiger partial charge in [-0.05, 0) is 45.6 Å². The average Bonchev–Trinajstić information content (AvgIpc) is 3.49. The van der Waals surface area contributed by atoms with E-state index in [2.05, 4.69) is 15.3 Å². The van der Waals surface area contributed by atoms with E-state index in [-0.39, 0.29) is 30.2 Å². The van der Waals surface area contributed by atoms with Gasteiger partial charge in [-0.15, -0.1) is 0 Å². The summed E-state index contributed by atoms with van der Waals surface area (Å²) in [6.07, 6.45) is 3.97. The molecule has 1 aliphatic heterocycles.